The zero-order valence-electron chi connectivity index (χ0n) is 15.0. The summed E-state index contributed by atoms with van der Waals surface area (Å²) in [5.74, 6) is 0.257. The fourth-order valence-electron chi connectivity index (χ4n) is 4.27. The van der Waals surface area contributed by atoms with Gasteiger partial charge in [0, 0.05) is 30.8 Å². The molecular formula is C21H27N3O. The summed E-state index contributed by atoms with van der Waals surface area (Å²) in [5, 5.41) is 3.31. The second-order valence-corrected chi connectivity index (χ2v) is 7.47. The molecule has 0 saturated heterocycles. The lowest BCUT2D eigenvalue weighted by atomic mass is 9.88. The Morgan fingerprint density at radius 1 is 1.32 bits per heavy atom. The highest BCUT2D eigenvalue weighted by Crippen LogP contribution is 2.27. The van der Waals surface area contributed by atoms with Gasteiger partial charge in [0.2, 0.25) is 5.91 Å². The third-order valence-electron chi connectivity index (χ3n) is 5.84. The van der Waals surface area contributed by atoms with Gasteiger partial charge in [-0.3, -0.25) is 4.79 Å². The lowest BCUT2D eigenvalue weighted by molar-refractivity contribution is -0.126. The maximum atomic E-state index is 12.8. The van der Waals surface area contributed by atoms with Crippen molar-refractivity contribution in [2.45, 2.75) is 64.5 Å². The summed E-state index contributed by atoms with van der Waals surface area (Å²) >= 11 is 0. The number of amides is 1. The zero-order chi connectivity index (χ0) is 17.2. The van der Waals surface area contributed by atoms with E-state index in [4.69, 9.17) is 0 Å². The Morgan fingerprint density at radius 3 is 3.00 bits per heavy atom. The van der Waals surface area contributed by atoms with Crippen LogP contribution in [0.4, 0.5) is 0 Å². The number of aryl methyl sites for hydroxylation is 3. The van der Waals surface area contributed by atoms with Crippen molar-refractivity contribution in [3.8, 4) is 0 Å². The molecule has 25 heavy (non-hydrogen) atoms. The highest BCUT2D eigenvalue weighted by Gasteiger charge is 2.26. The highest BCUT2D eigenvalue weighted by atomic mass is 16.1. The average Bonchev–Trinajstić information content (AvgIpc) is 3.13. The van der Waals surface area contributed by atoms with E-state index in [1.165, 1.54) is 48.1 Å². The van der Waals surface area contributed by atoms with Crippen LogP contribution in [0.3, 0.4) is 0 Å². The highest BCUT2D eigenvalue weighted by molar-refractivity contribution is 5.79. The number of imidazole rings is 1. The van der Waals surface area contributed by atoms with Gasteiger partial charge in [0.25, 0.3) is 0 Å². The van der Waals surface area contributed by atoms with E-state index in [0.717, 1.165) is 25.8 Å². The second kappa shape index (κ2) is 7.03. The Labute approximate surface area is 149 Å². The number of benzene rings is 1. The summed E-state index contributed by atoms with van der Waals surface area (Å²) in [6.07, 6.45) is 11.4. The first kappa shape index (κ1) is 16.4. The molecule has 2 atom stereocenters. The number of hydrogen-bond acceptors (Lipinski definition) is 2. The van der Waals surface area contributed by atoms with Gasteiger partial charge in [-0.25, -0.2) is 4.98 Å². The normalized spacial score (nSPS) is 20.4. The van der Waals surface area contributed by atoms with E-state index in [9.17, 15) is 4.79 Å². The minimum Gasteiger partial charge on any atom is -0.349 e. The monoisotopic (exact) mass is 337 g/mol. The molecular weight excluding hydrogens is 310 g/mol. The van der Waals surface area contributed by atoms with Crippen molar-refractivity contribution in [1.29, 1.82) is 0 Å². The molecule has 4 rings (SSSR count). The minimum absolute atomic E-state index is 0.0656. The lowest BCUT2D eigenvalue weighted by Gasteiger charge is -2.26. The number of carbonyl (C=O) groups is 1. The van der Waals surface area contributed by atoms with Crippen molar-refractivity contribution in [3.05, 3.63) is 53.1 Å². The molecule has 1 aromatic carbocycles. The molecule has 0 spiro atoms. The summed E-state index contributed by atoms with van der Waals surface area (Å²) < 4.78 is 2.16. The van der Waals surface area contributed by atoms with Crippen LogP contribution in [0.5, 0.6) is 0 Å². The third-order valence-corrected chi connectivity index (χ3v) is 5.84. The SMILES string of the molecule is CCC(NC(=O)C1CCn2cncc2C1)c1ccc2c(c1)CCCC2. The molecule has 2 heterocycles. The largest absolute Gasteiger partial charge is 0.349 e. The van der Waals surface area contributed by atoms with Gasteiger partial charge >= 0.3 is 0 Å². The first-order chi connectivity index (χ1) is 12.2. The van der Waals surface area contributed by atoms with Gasteiger partial charge in [-0.15, -0.1) is 0 Å². The van der Waals surface area contributed by atoms with Crippen LogP contribution in [0.25, 0.3) is 0 Å². The van der Waals surface area contributed by atoms with Gasteiger partial charge in [-0.1, -0.05) is 25.1 Å². The Kier molecular flexibility index (Phi) is 4.60. The molecule has 2 aromatic rings. The van der Waals surface area contributed by atoms with E-state index >= 15 is 0 Å². The summed E-state index contributed by atoms with van der Waals surface area (Å²) in [5.41, 5.74) is 5.42. The van der Waals surface area contributed by atoms with Crippen LogP contribution in [-0.4, -0.2) is 15.5 Å². The Bertz CT molecular complexity index is 764. The topological polar surface area (TPSA) is 46.9 Å². The molecule has 1 aromatic heterocycles. The molecule has 1 aliphatic carbocycles. The van der Waals surface area contributed by atoms with E-state index in [1.54, 1.807) is 0 Å². The third kappa shape index (κ3) is 3.35. The van der Waals surface area contributed by atoms with Crippen LogP contribution in [-0.2, 0) is 30.6 Å². The number of hydrogen-bond donors (Lipinski definition) is 1. The quantitative estimate of drug-likeness (QED) is 0.927. The van der Waals surface area contributed by atoms with E-state index in [-0.39, 0.29) is 17.9 Å². The van der Waals surface area contributed by atoms with Gasteiger partial charge in [0.1, 0.15) is 0 Å². The number of nitrogens with one attached hydrogen (secondary N) is 1. The van der Waals surface area contributed by atoms with Crippen LogP contribution >= 0.6 is 0 Å². The predicted octanol–water partition coefficient (Wildman–Crippen LogP) is 3.59. The van der Waals surface area contributed by atoms with Gasteiger partial charge in [0.05, 0.1) is 12.4 Å². The van der Waals surface area contributed by atoms with E-state index in [0.29, 0.717) is 0 Å². The number of rotatable bonds is 4. The predicted molar refractivity (Wildman–Crippen MR) is 98.3 cm³/mol. The maximum absolute atomic E-state index is 12.8. The minimum atomic E-state index is 0.0656. The van der Waals surface area contributed by atoms with Crippen molar-refractivity contribution in [3.63, 3.8) is 0 Å². The standard InChI is InChI=1S/C21H27N3O/c1-2-20(17-8-7-15-5-3-4-6-16(15)11-17)23-21(25)18-9-10-24-14-22-13-19(24)12-18/h7-8,11,13-14,18,20H,2-6,9-10,12H2,1H3,(H,23,25). The molecule has 1 aliphatic heterocycles. The van der Waals surface area contributed by atoms with Gasteiger partial charge in [-0.05, 0) is 55.2 Å². The first-order valence-electron chi connectivity index (χ1n) is 9.65. The van der Waals surface area contributed by atoms with Crippen LogP contribution in [0.15, 0.2) is 30.7 Å². The molecule has 0 fully saturated rings. The molecule has 4 nitrogen and oxygen atoms in total. The number of carbonyl (C=O) groups excluding carboxylic acids is 1. The van der Waals surface area contributed by atoms with E-state index < -0.39 is 0 Å². The molecule has 0 radical (unpaired) electrons. The average molecular weight is 337 g/mol. The van der Waals surface area contributed by atoms with Crippen molar-refractivity contribution >= 4 is 5.91 Å². The summed E-state index contributed by atoms with van der Waals surface area (Å²) in [4.78, 5) is 17.0. The molecule has 132 valence electrons. The number of fused-ring (bicyclic) bond motifs is 2. The molecule has 2 unspecified atom stereocenters. The molecule has 0 bridgehead atoms. The fourth-order valence-corrected chi connectivity index (χ4v) is 4.27. The van der Waals surface area contributed by atoms with Crippen LogP contribution < -0.4 is 5.32 Å². The van der Waals surface area contributed by atoms with Crippen molar-refractivity contribution in [1.82, 2.24) is 14.9 Å². The maximum Gasteiger partial charge on any atom is 0.224 e. The van der Waals surface area contributed by atoms with Crippen molar-refractivity contribution < 1.29 is 4.79 Å². The summed E-state index contributed by atoms with van der Waals surface area (Å²) in [6, 6.07) is 6.94. The summed E-state index contributed by atoms with van der Waals surface area (Å²) in [7, 11) is 0. The number of aromatic nitrogens is 2. The van der Waals surface area contributed by atoms with Gasteiger partial charge in [-0.2, -0.15) is 0 Å². The first-order valence-corrected chi connectivity index (χ1v) is 9.65. The molecule has 0 saturated carbocycles. The smallest absolute Gasteiger partial charge is 0.224 e. The van der Waals surface area contributed by atoms with E-state index in [2.05, 4.69) is 40.0 Å². The number of nitrogens with zero attached hydrogens (tertiary/aromatic N) is 2. The molecule has 1 N–H and O–H groups in total. The molecule has 4 heteroatoms. The Morgan fingerprint density at radius 2 is 2.16 bits per heavy atom. The van der Waals surface area contributed by atoms with Gasteiger partial charge < -0.3 is 9.88 Å². The summed E-state index contributed by atoms with van der Waals surface area (Å²) in [6.45, 7) is 3.05. The Hall–Kier alpha value is -2.10. The second-order valence-electron chi connectivity index (χ2n) is 7.47. The fraction of sp³-hybridized carbons (Fsp3) is 0.524. The molecule has 1 amide bonds. The van der Waals surface area contributed by atoms with Crippen LogP contribution in [0.1, 0.15) is 61.0 Å². The van der Waals surface area contributed by atoms with E-state index in [1.807, 2.05) is 12.5 Å². The zero-order valence-corrected chi connectivity index (χ0v) is 15.0. The van der Waals surface area contributed by atoms with Gasteiger partial charge in [0.15, 0.2) is 0 Å². The van der Waals surface area contributed by atoms with Crippen LogP contribution in [0, 0.1) is 5.92 Å². The van der Waals surface area contributed by atoms with Crippen LogP contribution in [0.2, 0.25) is 0 Å². The molecule has 2 aliphatic rings. The lowest BCUT2D eigenvalue weighted by Crippen LogP contribution is -2.37. The van der Waals surface area contributed by atoms with Crippen molar-refractivity contribution in [2.75, 3.05) is 0 Å². The van der Waals surface area contributed by atoms with Crippen molar-refractivity contribution in [2.24, 2.45) is 5.92 Å². The Balaban J connectivity index is 1.46.